The predicted octanol–water partition coefficient (Wildman–Crippen LogP) is 2.34. The number of benzene rings is 1. The number of unbranched alkanes of at least 4 members (excludes halogenated alkanes) is 1. The van der Waals surface area contributed by atoms with Gasteiger partial charge in [-0.25, -0.2) is 17.2 Å². The summed E-state index contributed by atoms with van der Waals surface area (Å²) in [5.74, 6) is -2.16. The van der Waals surface area contributed by atoms with Gasteiger partial charge in [-0.3, -0.25) is 9.59 Å². The first-order valence-corrected chi connectivity index (χ1v) is 15.4. The quantitative estimate of drug-likeness (QED) is 0.343. The summed E-state index contributed by atoms with van der Waals surface area (Å²) < 4.78 is 52.9. The van der Waals surface area contributed by atoms with Crippen molar-refractivity contribution in [3.8, 4) is 0 Å². The lowest BCUT2D eigenvalue weighted by Gasteiger charge is -2.31. The third kappa shape index (κ3) is 7.51. The molecule has 11 heteroatoms. The number of likely N-dealkylation sites (tertiary alicyclic amines) is 1. The number of sulfone groups is 1. The number of hydrogen-bond donors (Lipinski definition) is 3. The van der Waals surface area contributed by atoms with Crippen LogP contribution in [-0.2, 0) is 25.8 Å². The number of nitrogens with zero attached hydrogens (tertiary/aromatic N) is 1. The Morgan fingerprint density at radius 3 is 2.53 bits per heavy atom. The van der Waals surface area contributed by atoms with Crippen molar-refractivity contribution in [2.45, 2.75) is 95.2 Å². The predicted molar refractivity (Wildman–Crippen MR) is 141 cm³/mol. The van der Waals surface area contributed by atoms with E-state index >= 15 is 0 Å². The van der Waals surface area contributed by atoms with E-state index in [1.165, 1.54) is 0 Å². The van der Waals surface area contributed by atoms with Crippen molar-refractivity contribution >= 4 is 21.7 Å². The van der Waals surface area contributed by atoms with Gasteiger partial charge >= 0.3 is 0 Å². The summed E-state index contributed by atoms with van der Waals surface area (Å²) in [7, 11) is -3.34. The molecule has 2 aliphatic heterocycles. The van der Waals surface area contributed by atoms with Gasteiger partial charge in [-0.15, -0.1) is 0 Å². The fraction of sp³-hybridized carbons (Fsp3) is 0.704. The molecule has 2 aliphatic rings. The van der Waals surface area contributed by atoms with E-state index in [2.05, 4.69) is 17.6 Å². The van der Waals surface area contributed by atoms with Gasteiger partial charge in [0.05, 0.1) is 23.1 Å². The molecular formula is C27H41F2N3O5S. The maximum Gasteiger partial charge on any atom is 0.242 e. The van der Waals surface area contributed by atoms with E-state index in [-0.39, 0.29) is 42.5 Å². The summed E-state index contributed by atoms with van der Waals surface area (Å²) in [6.07, 6.45) is 2.72. The topological polar surface area (TPSA) is 116 Å². The van der Waals surface area contributed by atoms with Crippen molar-refractivity contribution in [3.63, 3.8) is 0 Å². The van der Waals surface area contributed by atoms with E-state index in [0.29, 0.717) is 19.4 Å². The highest BCUT2D eigenvalue weighted by molar-refractivity contribution is 7.92. The molecule has 0 bridgehead atoms. The van der Waals surface area contributed by atoms with Crippen LogP contribution in [0.1, 0.15) is 64.9 Å². The summed E-state index contributed by atoms with van der Waals surface area (Å²) in [5, 5.41) is 16.5. The van der Waals surface area contributed by atoms with E-state index in [4.69, 9.17) is 0 Å². The van der Waals surface area contributed by atoms with Crippen molar-refractivity contribution in [3.05, 3.63) is 35.4 Å². The number of hydrogen-bond acceptors (Lipinski definition) is 6. The van der Waals surface area contributed by atoms with Crippen LogP contribution in [-0.4, -0.2) is 78.6 Å². The standard InChI is InChI=1S/C27H41F2N3O5S/c1-4-6-7-19-8-9-32(27(19)35)17(3)26(34)31-24(13-18-11-20(28)14-21(29)12-18)25(33)23-15-22(16-30-23)38(36,37)10-5-2/h11-12,14,17,19,22-25,30,33H,4-10,13,15-16H2,1-3H3,(H,31,34)/t17-,19+,22+,23+,24-,25+/m0/s1. The van der Waals surface area contributed by atoms with E-state index in [1.807, 2.05) is 0 Å². The number of aliphatic hydroxyl groups is 1. The molecule has 0 radical (unpaired) electrons. The molecule has 2 amide bonds. The minimum absolute atomic E-state index is 0.0471. The fourth-order valence-electron chi connectivity index (χ4n) is 5.55. The normalized spacial score (nSPS) is 24.4. The zero-order valence-corrected chi connectivity index (χ0v) is 23.3. The van der Waals surface area contributed by atoms with Gasteiger partial charge in [0.25, 0.3) is 0 Å². The van der Waals surface area contributed by atoms with Gasteiger partial charge in [0.15, 0.2) is 9.84 Å². The number of carbonyl (C=O) groups is 2. The monoisotopic (exact) mass is 557 g/mol. The Bertz CT molecular complexity index is 1070. The Morgan fingerprint density at radius 1 is 1.21 bits per heavy atom. The third-order valence-electron chi connectivity index (χ3n) is 7.76. The summed E-state index contributed by atoms with van der Waals surface area (Å²) in [4.78, 5) is 27.7. The molecule has 0 unspecified atom stereocenters. The second-order valence-corrected chi connectivity index (χ2v) is 13.1. The molecule has 2 saturated heterocycles. The summed E-state index contributed by atoms with van der Waals surface area (Å²) >= 11 is 0. The average molecular weight is 558 g/mol. The van der Waals surface area contributed by atoms with E-state index in [9.17, 15) is 31.9 Å². The molecule has 0 aromatic heterocycles. The number of halogens is 2. The molecule has 214 valence electrons. The SMILES string of the molecule is CCCC[C@@H]1CCN([C@@H](C)C(=O)N[C@@H](Cc2cc(F)cc(F)c2)[C@H](O)[C@H]2C[C@@H](S(=O)(=O)CCC)CN2)C1=O. The minimum Gasteiger partial charge on any atom is -0.389 e. The molecule has 3 N–H and O–H groups in total. The fourth-order valence-corrected chi connectivity index (χ4v) is 7.30. The average Bonchev–Trinajstić information content (AvgIpc) is 3.48. The first-order chi connectivity index (χ1) is 18.0. The van der Waals surface area contributed by atoms with Crippen LogP contribution in [0.25, 0.3) is 0 Å². The Morgan fingerprint density at radius 2 is 1.89 bits per heavy atom. The maximum atomic E-state index is 13.9. The highest BCUT2D eigenvalue weighted by Crippen LogP contribution is 2.26. The molecule has 0 saturated carbocycles. The van der Waals surface area contributed by atoms with E-state index < -0.39 is 56.9 Å². The summed E-state index contributed by atoms with van der Waals surface area (Å²) in [6, 6.07) is 0.615. The lowest BCUT2D eigenvalue weighted by atomic mass is 9.95. The van der Waals surface area contributed by atoms with Gasteiger partial charge in [-0.05, 0) is 56.7 Å². The highest BCUT2D eigenvalue weighted by Gasteiger charge is 2.41. The molecule has 1 aromatic rings. The zero-order valence-electron chi connectivity index (χ0n) is 22.5. The van der Waals surface area contributed by atoms with Crippen LogP contribution < -0.4 is 10.6 Å². The minimum atomic E-state index is -3.34. The first-order valence-electron chi connectivity index (χ1n) is 13.7. The van der Waals surface area contributed by atoms with Crippen LogP contribution in [0.2, 0.25) is 0 Å². The summed E-state index contributed by atoms with van der Waals surface area (Å²) in [6.45, 7) is 6.11. The Labute approximate surface area is 224 Å². The van der Waals surface area contributed by atoms with Crippen LogP contribution in [0, 0.1) is 17.6 Å². The zero-order chi connectivity index (χ0) is 28.0. The second-order valence-electron chi connectivity index (χ2n) is 10.7. The smallest absolute Gasteiger partial charge is 0.242 e. The number of nitrogens with one attached hydrogen (secondary N) is 2. The Hall–Kier alpha value is -2.11. The molecule has 2 fully saturated rings. The van der Waals surface area contributed by atoms with E-state index in [1.54, 1.807) is 18.7 Å². The molecule has 3 rings (SSSR count). The molecule has 0 aliphatic carbocycles. The van der Waals surface area contributed by atoms with Crippen LogP contribution in [0.5, 0.6) is 0 Å². The molecule has 8 nitrogen and oxygen atoms in total. The van der Waals surface area contributed by atoms with Crippen molar-refractivity contribution in [1.82, 2.24) is 15.5 Å². The summed E-state index contributed by atoms with van der Waals surface area (Å²) in [5.41, 5.74) is 0.240. The van der Waals surface area contributed by atoms with Crippen LogP contribution >= 0.6 is 0 Å². The lowest BCUT2D eigenvalue weighted by molar-refractivity contribution is -0.139. The van der Waals surface area contributed by atoms with Gasteiger partial charge in [-0.1, -0.05) is 26.7 Å². The molecular weight excluding hydrogens is 516 g/mol. The van der Waals surface area contributed by atoms with Crippen molar-refractivity contribution in [2.75, 3.05) is 18.8 Å². The Kier molecular flexibility index (Phi) is 10.7. The van der Waals surface area contributed by atoms with Gasteiger partial charge in [0.1, 0.15) is 17.7 Å². The largest absolute Gasteiger partial charge is 0.389 e. The van der Waals surface area contributed by atoms with Crippen LogP contribution in [0.15, 0.2) is 18.2 Å². The van der Waals surface area contributed by atoms with Gasteiger partial charge < -0.3 is 20.6 Å². The van der Waals surface area contributed by atoms with Crippen molar-refractivity contribution in [1.29, 1.82) is 0 Å². The molecule has 2 heterocycles. The Balaban J connectivity index is 1.75. The van der Waals surface area contributed by atoms with Gasteiger partial charge in [-0.2, -0.15) is 0 Å². The first kappa shape index (κ1) is 30.4. The number of amides is 2. The second kappa shape index (κ2) is 13.3. The molecule has 6 atom stereocenters. The molecule has 38 heavy (non-hydrogen) atoms. The van der Waals surface area contributed by atoms with Gasteiger partial charge in [0.2, 0.25) is 11.8 Å². The maximum absolute atomic E-state index is 13.9. The molecule has 1 aromatic carbocycles. The molecule has 0 spiro atoms. The lowest BCUT2D eigenvalue weighted by Crippen LogP contribution is -2.56. The number of rotatable bonds is 13. The van der Waals surface area contributed by atoms with Crippen molar-refractivity contribution in [2.24, 2.45) is 5.92 Å². The highest BCUT2D eigenvalue weighted by atomic mass is 32.2. The van der Waals surface area contributed by atoms with Crippen molar-refractivity contribution < 1.29 is 31.9 Å². The van der Waals surface area contributed by atoms with E-state index in [0.717, 1.165) is 37.5 Å². The van der Waals surface area contributed by atoms with Gasteiger partial charge in [0, 0.05) is 31.1 Å². The number of aliphatic hydroxyl groups excluding tert-OH is 1. The van der Waals surface area contributed by atoms with Crippen LogP contribution in [0.4, 0.5) is 8.78 Å². The number of carbonyl (C=O) groups excluding carboxylic acids is 2. The third-order valence-corrected chi connectivity index (χ3v) is 10.1. The van der Waals surface area contributed by atoms with Crippen LogP contribution in [0.3, 0.4) is 0 Å².